The molecule has 0 saturated heterocycles. The molecule has 0 aromatic carbocycles. The summed E-state index contributed by atoms with van der Waals surface area (Å²) in [7, 11) is 0. The maximum absolute atomic E-state index is 11.4. The third kappa shape index (κ3) is 0.807. The minimum atomic E-state index is -0.174. The van der Waals surface area contributed by atoms with E-state index in [1.165, 1.54) is 0 Å². The smallest absolute Gasteiger partial charge is 0.154 e. The van der Waals surface area contributed by atoms with E-state index < -0.39 is 0 Å². The summed E-state index contributed by atoms with van der Waals surface area (Å²) in [5, 5.41) is -0.174. The molecule has 0 spiro atoms. The van der Waals surface area contributed by atoms with Crippen molar-refractivity contribution in [1.82, 2.24) is 0 Å². The van der Waals surface area contributed by atoms with Gasteiger partial charge < -0.3 is 0 Å². The van der Waals surface area contributed by atoms with Crippen LogP contribution in [0.4, 0.5) is 0 Å². The number of Topliss-reactive ketones (excluding diaryl/α,β-unsaturated/α-hetero) is 1. The van der Waals surface area contributed by atoms with Gasteiger partial charge in [0, 0.05) is 5.92 Å². The Bertz CT molecular complexity index is 210. The molecular formula is C9H13ClO. The highest BCUT2D eigenvalue weighted by molar-refractivity contribution is 6.32. The second kappa shape index (κ2) is 2.01. The first-order valence-electron chi connectivity index (χ1n) is 4.21. The fourth-order valence-electron chi connectivity index (χ4n) is 2.48. The summed E-state index contributed by atoms with van der Waals surface area (Å²) in [4.78, 5) is 11.4. The Balaban J connectivity index is 2.23. The molecule has 0 aliphatic heterocycles. The van der Waals surface area contributed by atoms with Crippen molar-refractivity contribution in [3.63, 3.8) is 0 Å². The van der Waals surface area contributed by atoms with E-state index in [0.29, 0.717) is 11.7 Å². The molecule has 0 aromatic heterocycles. The van der Waals surface area contributed by atoms with Gasteiger partial charge in [-0.3, -0.25) is 4.79 Å². The molecule has 3 aliphatic carbocycles. The van der Waals surface area contributed by atoms with E-state index in [9.17, 15) is 4.79 Å². The van der Waals surface area contributed by atoms with E-state index in [-0.39, 0.29) is 16.7 Å². The number of alkyl halides is 1. The Kier molecular flexibility index (Phi) is 1.39. The van der Waals surface area contributed by atoms with E-state index in [1.807, 2.05) is 0 Å². The lowest BCUT2D eigenvalue weighted by atomic mass is 9.48. The van der Waals surface area contributed by atoms with E-state index >= 15 is 0 Å². The predicted molar refractivity (Wildman–Crippen MR) is 44.6 cm³/mol. The lowest BCUT2D eigenvalue weighted by Gasteiger charge is -2.56. The third-order valence-electron chi connectivity index (χ3n) is 3.61. The lowest BCUT2D eigenvalue weighted by Crippen LogP contribution is -2.56. The van der Waals surface area contributed by atoms with Gasteiger partial charge in [-0.25, -0.2) is 0 Å². The number of rotatable bonds is 0. The Morgan fingerprint density at radius 2 is 2.09 bits per heavy atom. The van der Waals surface area contributed by atoms with Crippen molar-refractivity contribution in [2.24, 2.45) is 17.3 Å². The molecular weight excluding hydrogens is 160 g/mol. The zero-order chi connectivity index (χ0) is 8.22. The van der Waals surface area contributed by atoms with Crippen LogP contribution in [0.25, 0.3) is 0 Å². The van der Waals surface area contributed by atoms with Crippen LogP contribution >= 0.6 is 11.6 Å². The Hall–Kier alpha value is -0.0400. The Labute approximate surface area is 72.1 Å². The Morgan fingerprint density at radius 1 is 1.45 bits per heavy atom. The standard InChI is InChI=1S/C9H13ClO/c1-9(2)5-3-6(9)8(11)7(10)4-5/h5-7H,3-4H2,1-2H3/t5-,6?,7+/m0/s1. The SMILES string of the molecule is CC1(C)C2C[C@H]1C[C@@H](Cl)C2=O. The zero-order valence-electron chi connectivity index (χ0n) is 6.93. The van der Waals surface area contributed by atoms with Crippen molar-refractivity contribution in [2.45, 2.75) is 32.1 Å². The van der Waals surface area contributed by atoms with Gasteiger partial charge in [0.2, 0.25) is 0 Å². The summed E-state index contributed by atoms with van der Waals surface area (Å²) < 4.78 is 0. The van der Waals surface area contributed by atoms with Gasteiger partial charge in [-0.1, -0.05) is 13.8 Å². The van der Waals surface area contributed by atoms with Gasteiger partial charge in [-0.15, -0.1) is 11.6 Å². The first-order valence-corrected chi connectivity index (χ1v) is 4.65. The molecule has 0 radical (unpaired) electrons. The fraction of sp³-hybridized carbons (Fsp3) is 0.889. The third-order valence-corrected chi connectivity index (χ3v) is 4.01. The summed E-state index contributed by atoms with van der Waals surface area (Å²) in [5.41, 5.74) is 0.252. The molecule has 11 heavy (non-hydrogen) atoms. The normalized spacial score (nSPS) is 46.8. The maximum atomic E-state index is 11.4. The lowest BCUT2D eigenvalue weighted by molar-refractivity contribution is -0.147. The summed E-state index contributed by atoms with van der Waals surface area (Å²) in [6.07, 6.45) is 2.00. The second-order valence-corrected chi connectivity index (χ2v) is 4.94. The van der Waals surface area contributed by atoms with Gasteiger partial charge in [-0.05, 0) is 24.2 Å². The van der Waals surface area contributed by atoms with E-state index in [4.69, 9.17) is 11.6 Å². The molecule has 2 bridgehead atoms. The van der Waals surface area contributed by atoms with E-state index in [2.05, 4.69) is 13.8 Å². The van der Waals surface area contributed by atoms with Gasteiger partial charge in [0.25, 0.3) is 0 Å². The van der Waals surface area contributed by atoms with Crippen molar-refractivity contribution in [2.75, 3.05) is 0 Å². The Morgan fingerprint density at radius 3 is 2.45 bits per heavy atom. The fourth-order valence-corrected chi connectivity index (χ4v) is 2.85. The first-order chi connectivity index (χ1) is 5.03. The molecule has 3 atom stereocenters. The summed E-state index contributed by atoms with van der Waals surface area (Å²) >= 11 is 5.87. The summed E-state index contributed by atoms with van der Waals surface area (Å²) in [6.45, 7) is 4.37. The molecule has 0 aromatic rings. The van der Waals surface area contributed by atoms with E-state index in [1.54, 1.807) is 0 Å². The predicted octanol–water partition coefficient (Wildman–Crippen LogP) is 2.23. The number of ketones is 1. The molecule has 3 saturated carbocycles. The molecule has 1 unspecified atom stereocenters. The van der Waals surface area contributed by atoms with Crippen LogP contribution in [0.15, 0.2) is 0 Å². The van der Waals surface area contributed by atoms with Crippen LogP contribution in [-0.2, 0) is 4.79 Å². The number of fused-ring (bicyclic) bond motifs is 2. The first kappa shape index (κ1) is 7.60. The van der Waals surface area contributed by atoms with Crippen molar-refractivity contribution in [3.05, 3.63) is 0 Å². The zero-order valence-corrected chi connectivity index (χ0v) is 7.69. The van der Waals surface area contributed by atoms with Crippen LogP contribution in [0.3, 0.4) is 0 Å². The summed E-state index contributed by atoms with van der Waals surface area (Å²) in [5.74, 6) is 1.26. The quantitative estimate of drug-likeness (QED) is 0.513. The molecule has 1 nitrogen and oxygen atoms in total. The van der Waals surface area contributed by atoms with Gasteiger partial charge in [0.05, 0.1) is 5.38 Å². The largest absolute Gasteiger partial charge is 0.298 e. The van der Waals surface area contributed by atoms with Crippen LogP contribution in [0.2, 0.25) is 0 Å². The van der Waals surface area contributed by atoms with E-state index in [0.717, 1.165) is 12.8 Å². The van der Waals surface area contributed by atoms with Gasteiger partial charge in [-0.2, -0.15) is 0 Å². The van der Waals surface area contributed by atoms with Crippen LogP contribution in [0, 0.1) is 17.3 Å². The molecule has 3 rings (SSSR count). The molecule has 2 heteroatoms. The minimum absolute atomic E-state index is 0.174. The number of carbonyl (C=O) groups excluding carboxylic acids is 1. The molecule has 3 fully saturated rings. The number of hydrogen-bond acceptors (Lipinski definition) is 1. The highest BCUT2D eigenvalue weighted by Gasteiger charge is 2.57. The molecule has 3 aliphatic rings. The average molecular weight is 173 g/mol. The molecule has 0 heterocycles. The van der Waals surface area contributed by atoms with Crippen molar-refractivity contribution >= 4 is 17.4 Å². The van der Waals surface area contributed by atoms with Crippen LogP contribution in [-0.4, -0.2) is 11.2 Å². The van der Waals surface area contributed by atoms with Gasteiger partial charge >= 0.3 is 0 Å². The second-order valence-electron chi connectivity index (χ2n) is 4.41. The van der Waals surface area contributed by atoms with Gasteiger partial charge in [0.1, 0.15) is 0 Å². The number of halogens is 1. The molecule has 0 amide bonds. The molecule has 62 valence electrons. The summed E-state index contributed by atoms with van der Waals surface area (Å²) in [6, 6.07) is 0. The average Bonchev–Trinajstić information content (AvgIpc) is 1.93. The van der Waals surface area contributed by atoms with Crippen molar-refractivity contribution < 1.29 is 4.79 Å². The maximum Gasteiger partial charge on any atom is 0.154 e. The van der Waals surface area contributed by atoms with Crippen LogP contribution in [0.1, 0.15) is 26.7 Å². The highest BCUT2D eigenvalue weighted by atomic mass is 35.5. The number of hydrogen-bond donors (Lipinski definition) is 0. The minimum Gasteiger partial charge on any atom is -0.298 e. The van der Waals surface area contributed by atoms with Crippen molar-refractivity contribution in [3.8, 4) is 0 Å². The van der Waals surface area contributed by atoms with Gasteiger partial charge in [0.15, 0.2) is 5.78 Å². The number of carbonyl (C=O) groups is 1. The highest BCUT2D eigenvalue weighted by Crippen LogP contribution is 2.58. The van der Waals surface area contributed by atoms with Crippen molar-refractivity contribution in [1.29, 1.82) is 0 Å². The van der Waals surface area contributed by atoms with Crippen LogP contribution in [0.5, 0.6) is 0 Å². The topological polar surface area (TPSA) is 17.1 Å². The van der Waals surface area contributed by atoms with Crippen LogP contribution < -0.4 is 0 Å². The molecule has 0 N–H and O–H groups in total. The monoisotopic (exact) mass is 172 g/mol.